The second kappa shape index (κ2) is 9.14. The number of aryl methyl sites for hydroxylation is 1. The lowest BCUT2D eigenvalue weighted by Crippen LogP contribution is -2.28. The highest BCUT2D eigenvalue weighted by atomic mass is 16.2. The summed E-state index contributed by atoms with van der Waals surface area (Å²) in [7, 11) is 0. The predicted octanol–water partition coefficient (Wildman–Crippen LogP) is 2.88. The number of benzene rings is 2. The quantitative estimate of drug-likeness (QED) is 0.575. The molecule has 0 spiro atoms. The van der Waals surface area contributed by atoms with E-state index in [4.69, 9.17) is 0 Å². The number of amides is 2. The first-order valence-corrected chi connectivity index (χ1v) is 9.59. The van der Waals surface area contributed by atoms with Gasteiger partial charge in [0.1, 0.15) is 5.82 Å². The molecule has 1 aromatic heterocycles. The Morgan fingerprint density at radius 1 is 1.07 bits per heavy atom. The fraction of sp³-hybridized carbons (Fsp3) is 0.273. The van der Waals surface area contributed by atoms with E-state index in [0.717, 1.165) is 0 Å². The molecule has 3 rings (SSSR count). The van der Waals surface area contributed by atoms with Crippen LogP contribution in [0.2, 0.25) is 0 Å². The van der Waals surface area contributed by atoms with Crippen molar-refractivity contribution >= 4 is 28.4 Å². The third kappa shape index (κ3) is 5.28. The van der Waals surface area contributed by atoms with Gasteiger partial charge in [-0.2, -0.15) is 0 Å². The number of para-hydroxylation sites is 2. The molecular weight excluding hydrogens is 368 g/mol. The molecule has 3 aromatic rings. The molecule has 0 saturated heterocycles. The Morgan fingerprint density at radius 2 is 1.79 bits per heavy atom. The molecular formula is C22H24N4O3. The number of anilines is 1. The van der Waals surface area contributed by atoms with Crippen LogP contribution in [0.1, 0.15) is 36.5 Å². The molecule has 0 aliphatic rings. The Hall–Kier alpha value is -3.48. The van der Waals surface area contributed by atoms with Gasteiger partial charge in [-0.05, 0) is 30.2 Å². The molecule has 7 heteroatoms. The zero-order valence-corrected chi connectivity index (χ0v) is 16.5. The van der Waals surface area contributed by atoms with E-state index in [1.807, 2.05) is 19.9 Å². The number of carbonyl (C=O) groups excluding carboxylic acids is 2. The maximum Gasteiger partial charge on any atom is 0.258 e. The maximum absolute atomic E-state index is 12.4. The van der Waals surface area contributed by atoms with Crippen LogP contribution in [0.4, 0.5) is 5.69 Å². The molecule has 2 aromatic carbocycles. The molecule has 1 heterocycles. The molecule has 0 aliphatic heterocycles. The van der Waals surface area contributed by atoms with Crippen LogP contribution in [-0.2, 0) is 11.2 Å². The minimum atomic E-state index is -0.259. The van der Waals surface area contributed by atoms with Crippen LogP contribution in [0.15, 0.2) is 53.3 Å². The first kappa shape index (κ1) is 20.3. The van der Waals surface area contributed by atoms with Gasteiger partial charge < -0.3 is 15.6 Å². The number of hydrogen-bond donors (Lipinski definition) is 3. The smallest absolute Gasteiger partial charge is 0.258 e. The second-order valence-corrected chi connectivity index (χ2v) is 7.23. The summed E-state index contributed by atoms with van der Waals surface area (Å²) in [5.74, 6) is 0.296. The monoisotopic (exact) mass is 392 g/mol. The van der Waals surface area contributed by atoms with Crippen LogP contribution in [0, 0.1) is 5.92 Å². The largest absolute Gasteiger partial charge is 0.352 e. The summed E-state index contributed by atoms with van der Waals surface area (Å²) in [6.07, 6.45) is 0.414. The summed E-state index contributed by atoms with van der Waals surface area (Å²) in [6, 6.07) is 13.9. The molecule has 29 heavy (non-hydrogen) atoms. The summed E-state index contributed by atoms with van der Waals surface area (Å²) in [6.45, 7) is 4.58. The first-order chi connectivity index (χ1) is 13.9. The zero-order valence-electron chi connectivity index (χ0n) is 16.5. The van der Waals surface area contributed by atoms with Crippen molar-refractivity contribution in [2.24, 2.45) is 5.92 Å². The summed E-state index contributed by atoms with van der Waals surface area (Å²) in [4.78, 5) is 44.0. The van der Waals surface area contributed by atoms with Gasteiger partial charge in [0, 0.05) is 19.4 Å². The van der Waals surface area contributed by atoms with Crippen LogP contribution >= 0.6 is 0 Å². The fourth-order valence-electron chi connectivity index (χ4n) is 2.88. The van der Waals surface area contributed by atoms with Crippen LogP contribution in [0.5, 0.6) is 0 Å². The zero-order chi connectivity index (χ0) is 20.8. The van der Waals surface area contributed by atoms with Gasteiger partial charge >= 0.3 is 0 Å². The Kier molecular flexibility index (Phi) is 6.39. The normalized spacial score (nSPS) is 10.9. The topological polar surface area (TPSA) is 104 Å². The SMILES string of the molecule is CC(C)CNC(=O)c1ccccc1NC(=O)CCc1nc2ccccc2c(=O)[nH]1. The van der Waals surface area contributed by atoms with Crippen molar-refractivity contribution in [3.8, 4) is 0 Å². The third-order valence-electron chi connectivity index (χ3n) is 4.37. The Morgan fingerprint density at radius 3 is 2.59 bits per heavy atom. The van der Waals surface area contributed by atoms with Crippen molar-refractivity contribution in [3.63, 3.8) is 0 Å². The van der Waals surface area contributed by atoms with E-state index in [0.29, 0.717) is 40.4 Å². The number of carbonyl (C=O) groups is 2. The highest BCUT2D eigenvalue weighted by molar-refractivity contribution is 6.03. The van der Waals surface area contributed by atoms with Crippen molar-refractivity contribution in [1.29, 1.82) is 0 Å². The van der Waals surface area contributed by atoms with Crippen molar-refractivity contribution in [3.05, 3.63) is 70.3 Å². The summed E-state index contributed by atoms with van der Waals surface area (Å²) >= 11 is 0. The van der Waals surface area contributed by atoms with Gasteiger partial charge in [0.2, 0.25) is 5.91 Å². The van der Waals surface area contributed by atoms with Crippen LogP contribution in [-0.4, -0.2) is 28.3 Å². The molecule has 0 saturated carbocycles. The molecule has 0 bridgehead atoms. The van der Waals surface area contributed by atoms with Crippen molar-refractivity contribution < 1.29 is 9.59 Å². The summed E-state index contributed by atoms with van der Waals surface area (Å²) in [5.41, 5.74) is 1.24. The Balaban J connectivity index is 1.66. The molecule has 0 radical (unpaired) electrons. The molecule has 0 fully saturated rings. The standard InChI is InChI=1S/C22H24N4O3/c1-14(2)13-23-21(28)15-7-3-6-10-18(15)25-20(27)12-11-19-24-17-9-5-4-8-16(17)22(29)26-19/h3-10,14H,11-13H2,1-2H3,(H,23,28)(H,25,27)(H,24,26,29). The van der Waals surface area contributed by atoms with Gasteiger partial charge in [-0.25, -0.2) is 4.98 Å². The van der Waals surface area contributed by atoms with Gasteiger partial charge in [-0.15, -0.1) is 0 Å². The molecule has 7 nitrogen and oxygen atoms in total. The number of fused-ring (bicyclic) bond motifs is 1. The lowest BCUT2D eigenvalue weighted by molar-refractivity contribution is -0.116. The highest BCUT2D eigenvalue weighted by Gasteiger charge is 2.14. The molecule has 150 valence electrons. The molecule has 3 N–H and O–H groups in total. The number of H-pyrrole nitrogens is 1. The van der Waals surface area contributed by atoms with Crippen molar-refractivity contribution in [2.45, 2.75) is 26.7 Å². The fourth-order valence-corrected chi connectivity index (χ4v) is 2.88. The molecule has 0 atom stereocenters. The number of aromatic nitrogens is 2. The van der Waals surface area contributed by atoms with E-state index in [1.165, 1.54) is 0 Å². The number of aromatic amines is 1. The lowest BCUT2D eigenvalue weighted by Gasteiger charge is -2.12. The minimum Gasteiger partial charge on any atom is -0.352 e. The van der Waals surface area contributed by atoms with Crippen LogP contribution in [0.25, 0.3) is 10.9 Å². The number of nitrogens with zero attached hydrogens (tertiary/aromatic N) is 1. The van der Waals surface area contributed by atoms with Gasteiger partial charge in [-0.3, -0.25) is 14.4 Å². The first-order valence-electron chi connectivity index (χ1n) is 9.59. The number of nitrogens with one attached hydrogen (secondary N) is 3. The van der Waals surface area contributed by atoms with E-state index in [9.17, 15) is 14.4 Å². The molecule has 0 aliphatic carbocycles. The number of hydrogen-bond acceptors (Lipinski definition) is 4. The minimum absolute atomic E-state index is 0.128. The van der Waals surface area contributed by atoms with Crippen LogP contribution < -0.4 is 16.2 Å². The van der Waals surface area contributed by atoms with E-state index in [2.05, 4.69) is 20.6 Å². The summed E-state index contributed by atoms with van der Waals surface area (Å²) < 4.78 is 0. The van der Waals surface area contributed by atoms with E-state index in [1.54, 1.807) is 42.5 Å². The number of rotatable bonds is 7. The van der Waals surface area contributed by atoms with E-state index in [-0.39, 0.29) is 30.2 Å². The van der Waals surface area contributed by atoms with Crippen molar-refractivity contribution in [2.75, 3.05) is 11.9 Å². The lowest BCUT2D eigenvalue weighted by atomic mass is 10.1. The second-order valence-electron chi connectivity index (χ2n) is 7.23. The highest BCUT2D eigenvalue weighted by Crippen LogP contribution is 2.16. The average Bonchev–Trinajstić information content (AvgIpc) is 2.71. The van der Waals surface area contributed by atoms with Gasteiger partial charge in [0.25, 0.3) is 11.5 Å². The van der Waals surface area contributed by atoms with E-state index >= 15 is 0 Å². The molecule has 2 amide bonds. The average molecular weight is 392 g/mol. The maximum atomic E-state index is 12.4. The van der Waals surface area contributed by atoms with Gasteiger partial charge in [0.15, 0.2) is 0 Å². The Bertz CT molecular complexity index is 1090. The Labute approximate surface area is 168 Å². The van der Waals surface area contributed by atoms with Crippen LogP contribution in [0.3, 0.4) is 0 Å². The van der Waals surface area contributed by atoms with Gasteiger partial charge in [0.05, 0.1) is 22.2 Å². The van der Waals surface area contributed by atoms with Gasteiger partial charge in [-0.1, -0.05) is 38.1 Å². The summed E-state index contributed by atoms with van der Waals surface area (Å²) in [5, 5.41) is 6.15. The van der Waals surface area contributed by atoms with Crippen molar-refractivity contribution in [1.82, 2.24) is 15.3 Å². The van der Waals surface area contributed by atoms with E-state index < -0.39 is 0 Å². The molecule has 0 unspecified atom stereocenters. The predicted molar refractivity (Wildman–Crippen MR) is 113 cm³/mol. The third-order valence-corrected chi connectivity index (χ3v) is 4.37.